The predicted octanol–water partition coefficient (Wildman–Crippen LogP) is 2.28. The van der Waals surface area contributed by atoms with Crippen LogP contribution >= 0.6 is 17.0 Å². The van der Waals surface area contributed by atoms with Gasteiger partial charge in [0.05, 0.1) is 0 Å². The van der Waals surface area contributed by atoms with Gasteiger partial charge in [-0.05, 0) is 12.5 Å². The Morgan fingerprint density at radius 3 is 2.00 bits per heavy atom. The summed E-state index contributed by atoms with van der Waals surface area (Å²) >= 11 is 0. The quantitative estimate of drug-likeness (QED) is 0.742. The summed E-state index contributed by atoms with van der Waals surface area (Å²) in [6, 6.07) is 10.2. The number of hydrogen-bond donors (Lipinski definition) is 1. The number of rotatable bonds is 1. The van der Waals surface area contributed by atoms with E-state index in [0.29, 0.717) is 0 Å². The summed E-state index contributed by atoms with van der Waals surface area (Å²) in [5.74, 6) is 0. The van der Waals surface area contributed by atoms with Gasteiger partial charge in [-0.2, -0.15) is 0 Å². The molecule has 0 bridgehead atoms. The molecule has 0 spiro atoms. The fourth-order valence-corrected chi connectivity index (χ4v) is 0.757. The van der Waals surface area contributed by atoms with Gasteiger partial charge in [0.15, 0.2) is 0 Å². The lowest BCUT2D eigenvalue weighted by Crippen LogP contribution is -2.03. The molecule has 1 aromatic carbocycles. The topological polar surface area (TPSA) is 26.0 Å². The van der Waals surface area contributed by atoms with Crippen LogP contribution in [0.3, 0.4) is 0 Å². The molecule has 0 amide bonds. The number of benzene rings is 1. The molecule has 0 aliphatic carbocycles. The van der Waals surface area contributed by atoms with Gasteiger partial charge in [0, 0.05) is 6.04 Å². The lowest BCUT2D eigenvalue weighted by Gasteiger charge is -2.02. The molecule has 0 saturated carbocycles. The summed E-state index contributed by atoms with van der Waals surface area (Å²) in [5.41, 5.74) is 6.81. The summed E-state index contributed by atoms with van der Waals surface area (Å²) in [7, 11) is 0. The summed E-state index contributed by atoms with van der Waals surface area (Å²) in [5, 5.41) is 0. The Morgan fingerprint density at radius 2 is 1.70 bits per heavy atom. The number of hydrogen-bond acceptors (Lipinski definition) is 1. The second-order valence-corrected chi connectivity index (χ2v) is 2.20. The second kappa shape index (κ2) is 4.47. The lowest BCUT2D eigenvalue weighted by molar-refractivity contribution is 0.818. The molecule has 0 aliphatic rings. The van der Waals surface area contributed by atoms with Gasteiger partial charge in [0.25, 0.3) is 0 Å². The molecule has 1 nitrogen and oxygen atoms in total. The Morgan fingerprint density at radius 1 is 1.20 bits per heavy atom. The van der Waals surface area contributed by atoms with E-state index in [4.69, 9.17) is 5.73 Å². The number of halogens is 1. The van der Waals surface area contributed by atoms with E-state index in [1.54, 1.807) is 0 Å². The maximum Gasteiger partial charge on any atom is 0.0266 e. The van der Waals surface area contributed by atoms with Crippen LogP contribution < -0.4 is 5.73 Å². The molecule has 2 heteroatoms. The lowest BCUT2D eigenvalue weighted by atomic mass is 10.1. The van der Waals surface area contributed by atoms with Crippen molar-refractivity contribution in [3.63, 3.8) is 0 Å². The second-order valence-electron chi connectivity index (χ2n) is 2.20. The highest BCUT2D eigenvalue weighted by atomic mass is 79.9. The molecule has 0 unspecified atom stereocenters. The average Bonchev–Trinajstić information content (AvgIpc) is 1.90. The number of nitrogens with two attached hydrogens (primary N) is 1. The van der Waals surface area contributed by atoms with E-state index in [2.05, 4.69) is 0 Å². The van der Waals surface area contributed by atoms with Crippen molar-refractivity contribution in [2.24, 2.45) is 5.73 Å². The minimum Gasteiger partial charge on any atom is -0.324 e. The van der Waals surface area contributed by atoms with Gasteiger partial charge in [0.2, 0.25) is 0 Å². The Labute approximate surface area is 72.0 Å². The minimum atomic E-state index is 0. The van der Waals surface area contributed by atoms with E-state index in [1.807, 2.05) is 37.3 Å². The van der Waals surface area contributed by atoms with Crippen LogP contribution in [-0.2, 0) is 0 Å². The Hall–Kier alpha value is -0.340. The van der Waals surface area contributed by atoms with E-state index in [0.717, 1.165) is 0 Å². The van der Waals surface area contributed by atoms with E-state index in [1.165, 1.54) is 5.56 Å². The summed E-state index contributed by atoms with van der Waals surface area (Å²) in [6.45, 7) is 1.98. The van der Waals surface area contributed by atoms with E-state index in [9.17, 15) is 0 Å². The van der Waals surface area contributed by atoms with Crippen molar-refractivity contribution in [1.29, 1.82) is 0 Å². The first kappa shape index (κ1) is 9.66. The van der Waals surface area contributed by atoms with Gasteiger partial charge < -0.3 is 5.73 Å². The standard InChI is InChI=1S/C8H11N.BrH/c1-7(9)8-5-3-2-4-6-8;/h2-7H,9H2,1H3;1H/t7-;/m0./s1. The Bertz CT molecular complexity index is 172. The highest BCUT2D eigenvalue weighted by Gasteiger charge is 1.93. The van der Waals surface area contributed by atoms with Crippen LogP contribution in [0.4, 0.5) is 0 Å². The minimum absolute atomic E-state index is 0. The summed E-state index contributed by atoms with van der Waals surface area (Å²) in [4.78, 5) is 0. The third-order valence-corrected chi connectivity index (χ3v) is 1.33. The fraction of sp³-hybridized carbons (Fsp3) is 0.250. The zero-order valence-corrected chi connectivity index (χ0v) is 7.66. The predicted molar refractivity (Wildman–Crippen MR) is 49.4 cm³/mol. The molecule has 1 aromatic rings. The summed E-state index contributed by atoms with van der Waals surface area (Å²) < 4.78 is 0. The average molecular weight is 202 g/mol. The molecule has 1 atom stereocenters. The third kappa shape index (κ3) is 2.50. The normalized spacial score (nSPS) is 11.8. The largest absolute Gasteiger partial charge is 0.324 e. The first-order chi connectivity index (χ1) is 4.30. The first-order valence-corrected chi connectivity index (χ1v) is 3.11. The van der Waals surface area contributed by atoms with E-state index in [-0.39, 0.29) is 23.0 Å². The molecule has 0 heterocycles. The van der Waals surface area contributed by atoms with E-state index < -0.39 is 0 Å². The highest BCUT2D eigenvalue weighted by molar-refractivity contribution is 8.93. The monoisotopic (exact) mass is 201 g/mol. The summed E-state index contributed by atoms with van der Waals surface area (Å²) in [6.07, 6.45) is 0. The maximum absolute atomic E-state index is 5.61. The van der Waals surface area contributed by atoms with Crippen LogP contribution in [-0.4, -0.2) is 0 Å². The molecular weight excluding hydrogens is 190 g/mol. The molecule has 1 rings (SSSR count). The van der Waals surface area contributed by atoms with Crippen LogP contribution in [0.1, 0.15) is 18.5 Å². The molecule has 0 aromatic heterocycles. The zero-order chi connectivity index (χ0) is 6.69. The Balaban J connectivity index is 0.000000810. The van der Waals surface area contributed by atoms with Crippen molar-refractivity contribution < 1.29 is 0 Å². The van der Waals surface area contributed by atoms with Crippen molar-refractivity contribution in [2.75, 3.05) is 0 Å². The molecule has 10 heavy (non-hydrogen) atoms. The van der Waals surface area contributed by atoms with Gasteiger partial charge >= 0.3 is 0 Å². The van der Waals surface area contributed by atoms with Gasteiger partial charge in [-0.1, -0.05) is 30.3 Å². The molecule has 0 radical (unpaired) electrons. The van der Waals surface area contributed by atoms with Crippen LogP contribution in [0.25, 0.3) is 0 Å². The van der Waals surface area contributed by atoms with Crippen LogP contribution in [0, 0.1) is 0 Å². The SMILES string of the molecule is Br.C[C@H](N)c1ccccc1. The molecule has 2 N–H and O–H groups in total. The molecule has 56 valence electrons. The molecular formula is C8H12BrN. The maximum atomic E-state index is 5.61. The highest BCUT2D eigenvalue weighted by Crippen LogP contribution is 2.06. The van der Waals surface area contributed by atoms with Crippen LogP contribution in [0.2, 0.25) is 0 Å². The van der Waals surface area contributed by atoms with E-state index >= 15 is 0 Å². The Kier molecular flexibility index (Phi) is 4.32. The van der Waals surface area contributed by atoms with Gasteiger partial charge in [0.1, 0.15) is 0 Å². The van der Waals surface area contributed by atoms with Crippen molar-refractivity contribution >= 4 is 17.0 Å². The van der Waals surface area contributed by atoms with Gasteiger partial charge in [-0.15, -0.1) is 17.0 Å². The smallest absolute Gasteiger partial charge is 0.0266 e. The van der Waals surface area contributed by atoms with Crippen molar-refractivity contribution in [2.45, 2.75) is 13.0 Å². The molecule has 0 aliphatic heterocycles. The fourth-order valence-electron chi connectivity index (χ4n) is 0.757. The van der Waals surface area contributed by atoms with Gasteiger partial charge in [-0.3, -0.25) is 0 Å². The van der Waals surface area contributed by atoms with Crippen molar-refractivity contribution in [3.8, 4) is 0 Å². The first-order valence-electron chi connectivity index (χ1n) is 3.11. The van der Waals surface area contributed by atoms with Crippen LogP contribution in [0.5, 0.6) is 0 Å². The van der Waals surface area contributed by atoms with Crippen molar-refractivity contribution in [1.82, 2.24) is 0 Å². The zero-order valence-electron chi connectivity index (χ0n) is 5.95. The van der Waals surface area contributed by atoms with Crippen molar-refractivity contribution in [3.05, 3.63) is 35.9 Å². The third-order valence-electron chi connectivity index (χ3n) is 1.33. The van der Waals surface area contributed by atoms with Gasteiger partial charge in [-0.25, -0.2) is 0 Å². The molecule has 0 saturated heterocycles. The molecule has 0 fully saturated rings. The van der Waals surface area contributed by atoms with Crippen LogP contribution in [0.15, 0.2) is 30.3 Å².